The third kappa shape index (κ3) is 9.47. The van der Waals surface area contributed by atoms with E-state index in [0.717, 1.165) is 18.7 Å². The average Bonchev–Trinajstić information content (AvgIpc) is 2.44. The fraction of sp³-hybridized carbons (Fsp3) is 0.571. The van der Waals surface area contributed by atoms with E-state index in [-0.39, 0.29) is 24.0 Å². The van der Waals surface area contributed by atoms with Gasteiger partial charge in [0.1, 0.15) is 5.82 Å². The van der Waals surface area contributed by atoms with Crippen molar-refractivity contribution in [2.75, 3.05) is 25.0 Å². The van der Waals surface area contributed by atoms with E-state index in [1.54, 1.807) is 0 Å². The van der Waals surface area contributed by atoms with Gasteiger partial charge in [0, 0.05) is 25.8 Å². The van der Waals surface area contributed by atoms with Crippen molar-refractivity contribution in [1.82, 2.24) is 10.3 Å². The third-order valence-electron chi connectivity index (χ3n) is 2.68. The monoisotopic (exact) mass is 445 g/mol. The largest absolute Gasteiger partial charge is 0.417 e. The number of nitrogens with two attached hydrogens (primary N) is 1. The maximum atomic E-state index is 12.4. The molecule has 4 N–H and O–H groups in total. The lowest BCUT2D eigenvalue weighted by Crippen LogP contribution is -2.33. The molecule has 0 unspecified atom stereocenters. The van der Waals surface area contributed by atoms with Gasteiger partial charge in [-0.3, -0.25) is 4.99 Å². The highest BCUT2D eigenvalue weighted by Gasteiger charge is 2.30. The Bertz CT molecular complexity index is 474. The molecule has 0 amide bonds. The maximum Gasteiger partial charge on any atom is 0.417 e. The van der Waals surface area contributed by atoms with E-state index in [2.05, 4.69) is 34.5 Å². The van der Waals surface area contributed by atoms with Crippen molar-refractivity contribution in [3.8, 4) is 0 Å². The summed E-state index contributed by atoms with van der Waals surface area (Å²) in [6, 6.07) is 2.32. The van der Waals surface area contributed by atoms with E-state index < -0.39 is 11.7 Å². The molecule has 132 valence electrons. The number of pyridine rings is 1. The van der Waals surface area contributed by atoms with Crippen LogP contribution in [0.1, 0.15) is 25.8 Å². The fourth-order valence-corrected chi connectivity index (χ4v) is 1.52. The van der Waals surface area contributed by atoms with Crippen LogP contribution in [0.4, 0.5) is 19.0 Å². The predicted molar refractivity (Wildman–Crippen MR) is 97.1 cm³/mol. The lowest BCUT2D eigenvalue weighted by Gasteiger charge is -2.09. The molecule has 0 aliphatic rings. The quantitative estimate of drug-likeness (QED) is 0.261. The van der Waals surface area contributed by atoms with E-state index in [4.69, 9.17) is 5.73 Å². The fourth-order valence-electron chi connectivity index (χ4n) is 1.52. The van der Waals surface area contributed by atoms with Crippen LogP contribution in [-0.2, 0) is 6.18 Å². The molecule has 0 aliphatic carbocycles. The van der Waals surface area contributed by atoms with E-state index in [1.807, 2.05) is 0 Å². The van der Waals surface area contributed by atoms with Crippen LogP contribution < -0.4 is 16.4 Å². The summed E-state index contributed by atoms with van der Waals surface area (Å²) >= 11 is 0. The molecule has 0 saturated heterocycles. The number of nitrogens with zero attached hydrogens (tertiary/aromatic N) is 2. The second kappa shape index (κ2) is 10.5. The van der Waals surface area contributed by atoms with Crippen LogP contribution in [0.25, 0.3) is 0 Å². The Morgan fingerprint density at radius 2 is 2.00 bits per heavy atom. The van der Waals surface area contributed by atoms with Gasteiger partial charge in [-0.05, 0) is 24.5 Å². The summed E-state index contributed by atoms with van der Waals surface area (Å²) in [4.78, 5) is 7.88. The number of nitrogens with one attached hydrogen (secondary N) is 2. The molecule has 0 bridgehead atoms. The number of rotatable bonds is 7. The molecule has 9 heteroatoms. The number of hydrogen-bond donors (Lipinski definition) is 3. The van der Waals surface area contributed by atoms with Crippen LogP contribution in [0.3, 0.4) is 0 Å². The van der Waals surface area contributed by atoms with E-state index in [0.29, 0.717) is 37.3 Å². The van der Waals surface area contributed by atoms with Gasteiger partial charge in [-0.2, -0.15) is 13.2 Å². The van der Waals surface area contributed by atoms with Crippen molar-refractivity contribution >= 4 is 35.8 Å². The van der Waals surface area contributed by atoms with Crippen LogP contribution in [0.5, 0.6) is 0 Å². The standard InChI is InChI=1S/C14H22F3N5.HI/c1-10(2)8-22-13(18)20-7-3-6-19-12-5-4-11(9-21-12)14(15,16)17;/h4-5,9-10H,3,6-8H2,1-2H3,(H,19,21)(H3,18,20,22);1H. The summed E-state index contributed by atoms with van der Waals surface area (Å²) in [5.74, 6) is 1.27. The molecule has 0 aromatic carbocycles. The van der Waals surface area contributed by atoms with Gasteiger partial charge >= 0.3 is 6.18 Å². The molecule has 1 aromatic heterocycles. The zero-order chi connectivity index (χ0) is 16.6. The Morgan fingerprint density at radius 3 is 2.52 bits per heavy atom. The zero-order valence-electron chi connectivity index (χ0n) is 13.2. The number of hydrogen-bond acceptors (Lipinski definition) is 3. The first-order valence-corrected chi connectivity index (χ1v) is 7.10. The molecular formula is C14H23F3IN5. The van der Waals surface area contributed by atoms with Gasteiger partial charge in [0.25, 0.3) is 0 Å². The minimum Gasteiger partial charge on any atom is -0.370 e. The Morgan fingerprint density at radius 1 is 1.30 bits per heavy atom. The SMILES string of the molecule is CC(C)CN=C(N)NCCCNc1ccc(C(F)(F)F)cn1.I. The van der Waals surface area contributed by atoms with Crippen molar-refractivity contribution in [1.29, 1.82) is 0 Å². The topological polar surface area (TPSA) is 75.3 Å². The van der Waals surface area contributed by atoms with Crippen molar-refractivity contribution in [3.05, 3.63) is 23.9 Å². The number of halogens is 4. The van der Waals surface area contributed by atoms with Gasteiger partial charge in [-0.25, -0.2) is 4.98 Å². The molecular weight excluding hydrogens is 422 g/mol. The first-order chi connectivity index (χ1) is 10.3. The minimum absolute atomic E-state index is 0. The molecule has 1 rings (SSSR count). The van der Waals surface area contributed by atoms with Crippen LogP contribution in [-0.4, -0.2) is 30.6 Å². The highest BCUT2D eigenvalue weighted by molar-refractivity contribution is 14.0. The summed E-state index contributed by atoms with van der Waals surface area (Å²) < 4.78 is 37.1. The normalized spacial score (nSPS) is 12.0. The highest BCUT2D eigenvalue weighted by Crippen LogP contribution is 2.28. The number of aromatic nitrogens is 1. The van der Waals surface area contributed by atoms with Crippen molar-refractivity contribution < 1.29 is 13.2 Å². The molecule has 0 aliphatic heterocycles. The van der Waals surface area contributed by atoms with Gasteiger partial charge in [0.2, 0.25) is 0 Å². The van der Waals surface area contributed by atoms with Gasteiger partial charge in [-0.1, -0.05) is 13.8 Å². The minimum atomic E-state index is -4.36. The summed E-state index contributed by atoms with van der Waals surface area (Å²) in [6.07, 6.45) is -2.81. The second-order valence-corrected chi connectivity index (χ2v) is 5.26. The smallest absolute Gasteiger partial charge is 0.370 e. The Kier molecular flexibility index (Phi) is 9.93. The van der Waals surface area contributed by atoms with Crippen molar-refractivity contribution in [2.24, 2.45) is 16.6 Å². The lowest BCUT2D eigenvalue weighted by molar-refractivity contribution is -0.137. The van der Waals surface area contributed by atoms with Gasteiger partial charge in [0.15, 0.2) is 5.96 Å². The Labute approximate surface area is 151 Å². The van der Waals surface area contributed by atoms with Crippen LogP contribution in [0.2, 0.25) is 0 Å². The van der Waals surface area contributed by atoms with Crippen LogP contribution in [0.15, 0.2) is 23.3 Å². The predicted octanol–water partition coefficient (Wildman–Crippen LogP) is 3.08. The van der Waals surface area contributed by atoms with E-state index in [9.17, 15) is 13.2 Å². The number of aliphatic imine (C=N–C) groups is 1. The molecule has 0 saturated carbocycles. The van der Waals surface area contributed by atoms with Gasteiger partial charge in [-0.15, -0.1) is 24.0 Å². The number of anilines is 1. The second-order valence-electron chi connectivity index (χ2n) is 5.26. The number of alkyl halides is 3. The molecule has 0 spiro atoms. The molecule has 23 heavy (non-hydrogen) atoms. The van der Waals surface area contributed by atoms with Crippen LogP contribution in [0, 0.1) is 5.92 Å². The molecule has 0 fully saturated rings. The summed E-state index contributed by atoms with van der Waals surface area (Å²) in [7, 11) is 0. The van der Waals surface area contributed by atoms with Crippen molar-refractivity contribution in [3.63, 3.8) is 0 Å². The average molecular weight is 445 g/mol. The summed E-state index contributed by atoms with van der Waals surface area (Å²) in [6.45, 7) is 5.98. The molecule has 1 aromatic rings. The van der Waals surface area contributed by atoms with Gasteiger partial charge < -0.3 is 16.4 Å². The number of guanidine groups is 1. The first-order valence-electron chi connectivity index (χ1n) is 7.10. The molecule has 1 heterocycles. The highest BCUT2D eigenvalue weighted by atomic mass is 127. The molecule has 0 atom stereocenters. The first kappa shape index (κ1) is 21.7. The Balaban J connectivity index is 0.00000484. The van der Waals surface area contributed by atoms with Crippen molar-refractivity contribution in [2.45, 2.75) is 26.4 Å². The lowest BCUT2D eigenvalue weighted by atomic mass is 10.2. The zero-order valence-corrected chi connectivity index (χ0v) is 15.5. The molecule has 5 nitrogen and oxygen atoms in total. The maximum absolute atomic E-state index is 12.4. The third-order valence-corrected chi connectivity index (χ3v) is 2.68. The summed E-state index contributed by atoms with van der Waals surface area (Å²) in [5.41, 5.74) is 4.92. The van der Waals surface area contributed by atoms with E-state index >= 15 is 0 Å². The van der Waals surface area contributed by atoms with E-state index in [1.165, 1.54) is 6.07 Å². The Hall–Kier alpha value is -1.26. The van der Waals surface area contributed by atoms with Gasteiger partial charge in [0.05, 0.1) is 5.56 Å². The summed E-state index contributed by atoms with van der Waals surface area (Å²) in [5, 5.41) is 5.92. The van der Waals surface area contributed by atoms with Crippen LogP contribution >= 0.6 is 24.0 Å². The molecule has 0 radical (unpaired) electrons.